The molecule has 4 aromatic rings. The second kappa shape index (κ2) is 12.6. The van der Waals surface area contributed by atoms with Gasteiger partial charge in [0.25, 0.3) is 5.91 Å². The van der Waals surface area contributed by atoms with Crippen molar-refractivity contribution in [3.05, 3.63) is 105 Å². The molecule has 0 atom stereocenters. The normalized spacial score (nSPS) is 13.8. The van der Waals surface area contributed by atoms with Crippen LogP contribution in [0.3, 0.4) is 0 Å². The van der Waals surface area contributed by atoms with Gasteiger partial charge in [0.05, 0.1) is 5.01 Å². The van der Waals surface area contributed by atoms with Crippen molar-refractivity contribution in [3.8, 4) is 11.1 Å². The van der Waals surface area contributed by atoms with Gasteiger partial charge in [-0.15, -0.1) is 11.3 Å². The minimum atomic E-state index is -0.206. The standard InChI is InChI=1S/C32H32ClN3O2S/c1-2-22-11-13-23(14-12-22)26-8-4-6-10-28(26)34-31(38)29-21-39-32(35-29)25-17-19-36(20-18-25)30(37)16-15-24-7-3-5-9-27(24)33/h3-14,21,25H,2,15-20H2,1H3,(H,34,38). The first-order valence-corrected chi connectivity index (χ1v) is 14.7. The minimum absolute atomic E-state index is 0.163. The average molecular weight is 558 g/mol. The Morgan fingerprint density at radius 3 is 2.46 bits per heavy atom. The number of aryl methyl sites for hydroxylation is 2. The number of nitrogens with one attached hydrogen (secondary N) is 1. The number of halogens is 1. The molecule has 0 aliphatic carbocycles. The Kier molecular flexibility index (Phi) is 8.74. The minimum Gasteiger partial charge on any atom is -0.343 e. The highest BCUT2D eigenvalue weighted by Crippen LogP contribution is 2.32. The molecule has 2 heterocycles. The quantitative estimate of drug-likeness (QED) is 0.242. The predicted molar refractivity (Wildman–Crippen MR) is 160 cm³/mol. The number of amides is 2. The lowest BCUT2D eigenvalue weighted by atomic mass is 9.97. The van der Waals surface area contributed by atoms with Crippen molar-refractivity contribution in [2.75, 3.05) is 18.4 Å². The van der Waals surface area contributed by atoms with Crippen molar-refractivity contribution in [2.24, 2.45) is 0 Å². The van der Waals surface area contributed by atoms with Crippen molar-refractivity contribution in [1.82, 2.24) is 9.88 Å². The van der Waals surface area contributed by atoms with E-state index in [0.29, 0.717) is 36.6 Å². The van der Waals surface area contributed by atoms with Crippen LogP contribution in [0.25, 0.3) is 11.1 Å². The lowest BCUT2D eigenvalue weighted by Crippen LogP contribution is -2.38. The number of rotatable bonds is 8. The zero-order chi connectivity index (χ0) is 27.2. The summed E-state index contributed by atoms with van der Waals surface area (Å²) in [5.74, 6) is 0.214. The van der Waals surface area contributed by atoms with Gasteiger partial charge in [0.1, 0.15) is 5.69 Å². The monoisotopic (exact) mass is 557 g/mol. The van der Waals surface area contributed by atoms with E-state index < -0.39 is 0 Å². The summed E-state index contributed by atoms with van der Waals surface area (Å²) >= 11 is 7.76. The number of anilines is 1. The number of likely N-dealkylation sites (tertiary alicyclic amines) is 1. The van der Waals surface area contributed by atoms with Crippen molar-refractivity contribution in [3.63, 3.8) is 0 Å². The van der Waals surface area contributed by atoms with E-state index in [2.05, 4.69) is 36.5 Å². The van der Waals surface area contributed by atoms with E-state index in [0.717, 1.165) is 46.6 Å². The number of para-hydroxylation sites is 1. The largest absolute Gasteiger partial charge is 0.343 e. The highest BCUT2D eigenvalue weighted by Gasteiger charge is 2.26. The maximum absolute atomic E-state index is 13.1. The summed E-state index contributed by atoms with van der Waals surface area (Å²) < 4.78 is 0. The molecule has 3 aromatic carbocycles. The molecule has 0 saturated carbocycles. The van der Waals surface area contributed by atoms with Crippen LogP contribution >= 0.6 is 22.9 Å². The first-order valence-electron chi connectivity index (χ1n) is 13.5. The molecule has 1 aliphatic rings. The van der Waals surface area contributed by atoms with E-state index in [4.69, 9.17) is 16.6 Å². The molecule has 1 N–H and O–H groups in total. The number of hydrogen-bond acceptors (Lipinski definition) is 4. The zero-order valence-corrected chi connectivity index (χ0v) is 23.6. The van der Waals surface area contributed by atoms with Crippen molar-refractivity contribution >= 4 is 40.4 Å². The van der Waals surface area contributed by atoms with E-state index in [9.17, 15) is 9.59 Å². The van der Waals surface area contributed by atoms with E-state index in [-0.39, 0.29) is 17.7 Å². The molecule has 1 aliphatic heterocycles. The Balaban J connectivity index is 1.17. The Morgan fingerprint density at radius 1 is 1.00 bits per heavy atom. The van der Waals surface area contributed by atoms with Crippen LogP contribution in [0, 0.1) is 0 Å². The molecule has 0 radical (unpaired) electrons. The second-order valence-corrected chi connectivity index (χ2v) is 11.2. The van der Waals surface area contributed by atoms with Crippen molar-refractivity contribution < 1.29 is 9.59 Å². The number of thiazole rings is 1. The van der Waals surface area contributed by atoms with Gasteiger partial charge in [-0.1, -0.05) is 79.2 Å². The van der Waals surface area contributed by atoms with Crippen LogP contribution in [0.15, 0.2) is 78.2 Å². The van der Waals surface area contributed by atoms with Gasteiger partial charge in [-0.3, -0.25) is 9.59 Å². The van der Waals surface area contributed by atoms with Crippen LogP contribution in [0.5, 0.6) is 0 Å². The number of piperidine rings is 1. The molecule has 1 saturated heterocycles. The van der Waals surface area contributed by atoms with Gasteiger partial charge in [0.15, 0.2) is 0 Å². The van der Waals surface area contributed by atoms with Crippen LogP contribution in [-0.2, 0) is 17.6 Å². The summed E-state index contributed by atoms with van der Waals surface area (Å²) in [4.78, 5) is 32.5. The zero-order valence-electron chi connectivity index (χ0n) is 22.0. The van der Waals surface area contributed by atoms with Gasteiger partial charge in [-0.25, -0.2) is 4.98 Å². The van der Waals surface area contributed by atoms with Gasteiger partial charge >= 0.3 is 0 Å². The highest BCUT2D eigenvalue weighted by molar-refractivity contribution is 7.10. The Morgan fingerprint density at radius 2 is 1.72 bits per heavy atom. The van der Waals surface area contributed by atoms with Gasteiger partial charge < -0.3 is 10.2 Å². The second-order valence-electron chi connectivity index (χ2n) is 9.87. The topological polar surface area (TPSA) is 62.3 Å². The van der Waals surface area contributed by atoms with Gasteiger partial charge in [0.2, 0.25) is 5.91 Å². The number of aromatic nitrogens is 1. The molecule has 2 amide bonds. The fraction of sp³-hybridized carbons (Fsp3) is 0.281. The lowest BCUT2D eigenvalue weighted by molar-refractivity contribution is -0.132. The number of carbonyl (C=O) groups excluding carboxylic acids is 2. The molecule has 7 heteroatoms. The molecule has 39 heavy (non-hydrogen) atoms. The molecule has 200 valence electrons. The number of hydrogen-bond donors (Lipinski definition) is 1. The molecule has 1 fully saturated rings. The SMILES string of the molecule is CCc1ccc(-c2ccccc2NC(=O)c2csc(C3CCN(C(=O)CCc4ccccc4Cl)CC3)n2)cc1. The predicted octanol–water partition coefficient (Wildman–Crippen LogP) is 7.62. The van der Waals surface area contributed by atoms with Crippen LogP contribution in [0.1, 0.15) is 58.7 Å². The average Bonchev–Trinajstić information content (AvgIpc) is 3.48. The third kappa shape index (κ3) is 6.57. The summed E-state index contributed by atoms with van der Waals surface area (Å²) in [5.41, 5.74) is 5.54. The van der Waals surface area contributed by atoms with Crippen molar-refractivity contribution in [1.29, 1.82) is 0 Å². The van der Waals surface area contributed by atoms with Crippen LogP contribution in [0.4, 0.5) is 5.69 Å². The summed E-state index contributed by atoms with van der Waals surface area (Å²) in [5, 5.41) is 6.58. The summed E-state index contributed by atoms with van der Waals surface area (Å²) in [7, 11) is 0. The molecule has 0 unspecified atom stereocenters. The molecule has 0 spiro atoms. The lowest BCUT2D eigenvalue weighted by Gasteiger charge is -2.31. The van der Waals surface area contributed by atoms with E-state index >= 15 is 0 Å². The first-order chi connectivity index (χ1) is 19.0. The molecular formula is C32H32ClN3O2S. The van der Waals surface area contributed by atoms with Gasteiger partial charge in [0, 0.05) is 47.1 Å². The molecule has 5 nitrogen and oxygen atoms in total. The molecule has 1 aromatic heterocycles. The molecule has 5 rings (SSSR count). The third-order valence-corrected chi connectivity index (χ3v) is 8.74. The van der Waals surface area contributed by atoms with Crippen LogP contribution < -0.4 is 5.32 Å². The number of carbonyl (C=O) groups is 2. The number of benzene rings is 3. The smallest absolute Gasteiger partial charge is 0.275 e. The van der Waals surface area contributed by atoms with Crippen molar-refractivity contribution in [2.45, 2.75) is 44.9 Å². The van der Waals surface area contributed by atoms with Crippen LogP contribution in [0.2, 0.25) is 5.02 Å². The highest BCUT2D eigenvalue weighted by atomic mass is 35.5. The first kappa shape index (κ1) is 27.1. The Labute approximate surface area is 238 Å². The Bertz CT molecular complexity index is 1440. The third-order valence-electron chi connectivity index (χ3n) is 7.37. The maximum atomic E-state index is 13.1. The molecule has 0 bridgehead atoms. The summed E-state index contributed by atoms with van der Waals surface area (Å²) in [6.45, 7) is 3.55. The molecular weight excluding hydrogens is 526 g/mol. The fourth-order valence-electron chi connectivity index (χ4n) is 5.01. The van der Waals surface area contributed by atoms with Gasteiger partial charge in [-0.05, 0) is 54.5 Å². The van der Waals surface area contributed by atoms with E-state index in [1.165, 1.54) is 16.9 Å². The van der Waals surface area contributed by atoms with E-state index in [1.807, 2.05) is 58.8 Å². The maximum Gasteiger partial charge on any atom is 0.275 e. The fourth-order valence-corrected chi connectivity index (χ4v) is 6.21. The van der Waals surface area contributed by atoms with Crippen LogP contribution in [-0.4, -0.2) is 34.8 Å². The summed E-state index contributed by atoms with van der Waals surface area (Å²) in [6, 6.07) is 24.0. The number of nitrogens with zero attached hydrogens (tertiary/aromatic N) is 2. The van der Waals surface area contributed by atoms with Gasteiger partial charge in [-0.2, -0.15) is 0 Å². The van der Waals surface area contributed by atoms with E-state index in [1.54, 1.807) is 0 Å². The summed E-state index contributed by atoms with van der Waals surface area (Å²) in [6.07, 6.45) is 3.80. The Hall–Kier alpha value is -3.48.